The molecule has 2 rings (SSSR count). The van der Waals surface area contributed by atoms with Gasteiger partial charge in [0.25, 0.3) is 0 Å². The van der Waals surface area contributed by atoms with E-state index in [1.54, 1.807) is 12.1 Å². The molecule has 0 aliphatic carbocycles. The van der Waals surface area contributed by atoms with Gasteiger partial charge in [-0.05, 0) is 12.1 Å². The molecule has 2 aromatic heterocycles. The van der Waals surface area contributed by atoms with Crippen molar-refractivity contribution in [2.75, 3.05) is 11.5 Å². The first kappa shape index (κ1) is 13.1. The lowest BCUT2D eigenvalue weighted by Gasteiger charge is -2.06. The zero-order valence-electron chi connectivity index (χ0n) is 9.89. The fourth-order valence-electron chi connectivity index (χ4n) is 1.63. The maximum absolute atomic E-state index is 11.1. The molecule has 2 heterocycles. The van der Waals surface area contributed by atoms with Crippen molar-refractivity contribution in [3.8, 4) is 11.4 Å². The summed E-state index contributed by atoms with van der Waals surface area (Å²) in [6, 6.07) is 4.57. The topological polar surface area (TPSA) is 164 Å². The van der Waals surface area contributed by atoms with E-state index in [2.05, 4.69) is 9.97 Å². The predicted molar refractivity (Wildman–Crippen MR) is 69.6 cm³/mol. The first-order chi connectivity index (χ1) is 9.43. The van der Waals surface area contributed by atoms with Crippen LogP contribution in [0.25, 0.3) is 11.4 Å². The number of aromatic nitrogens is 2. The molecule has 2 aromatic rings. The number of nitrogens with zero attached hydrogens (tertiary/aromatic N) is 4. The molecule has 20 heavy (non-hydrogen) atoms. The summed E-state index contributed by atoms with van der Waals surface area (Å²) in [5.74, 6) is -0.358. The summed E-state index contributed by atoms with van der Waals surface area (Å²) in [4.78, 5) is 27.9. The van der Waals surface area contributed by atoms with Gasteiger partial charge in [0.15, 0.2) is 17.2 Å². The molecule has 0 saturated carbocycles. The highest BCUT2D eigenvalue weighted by atomic mass is 16.6. The molecular weight excluding hydrogens is 268 g/mol. The molecule has 0 amide bonds. The van der Waals surface area contributed by atoms with Gasteiger partial charge >= 0.3 is 11.4 Å². The molecule has 0 saturated heterocycles. The SMILES string of the molecule is Nc1nc(-c2ccccn2)c([N+](=O)[O-])c([N+](=O)[O-])c1N. The minimum absolute atomic E-state index is 0.0917. The Morgan fingerprint density at radius 3 is 2.20 bits per heavy atom. The molecule has 102 valence electrons. The molecule has 0 spiro atoms. The van der Waals surface area contributed by atoms with Gasteiger partial charge < -0.3 is 11.5 Å². The monoisotopic (exact) mass is 276 g/mol. The summed E-state index contributed by atoms with van der Waals surface area (Å²) in [5.41, 5.74) is 8.42. The first-order valence-electron chi connectivity index (χ1n) is 5.22. The van der Waals surface area contributed by atoms with Gasteiger partial charge in [-0.3, -0.25) is 25.2 Å². The fourth-order valence-corrected chi connectivity index (χ4v) is 1.63. The molecule has 0 aromatic carbocycles. The number of hydrogen-bond donors (Lipinski definition) is 2. The van der Waals surface area contributed by atoms with E-state index in [9.17, 15) is 20.2 Å². The Kier molecular flexibility index (Phi) is 3.13. The highest BCUT2D eigenvalue weighted by Crippen LogP contribution is 2.41. The number of anilines is 2. The van der Waals surface area contributed by atoms with Crippen molar-refractivity contribution in [1.82, 2.24) is 9.97 Å². The fraction of sp³-hybridized carbons (Fsp3) is 0. The minimum Gasteiger partial charge on any atom is -0.390 e. The van der Waals surface area contributed by atoms with Gasteiger partial charge in [0.2, 0.25) is 0 Å². The zero-order chi connectivity index (χ0) is 14.9. The Bertz CT molecular complexity index is 703. The van der Waals surface area contributed by atoms with Crippen molar-refractivity contribution < 1.29 is 9.85 Å². The van der Waals surface area contributed by atoms with Crippen LogP contribution >= 0.6 is 0 Å². The average molecular weight is 276 g/mol. The lowest BCUT2D eigenvalue weighted by molar-refractivity contribution is -0.421. The molecule has 0 aliphatic heterocycles. The second-order valence-corrected chi connectivity index (χ2v) is 3.69. The van der Waals surface area contributed by atoms with Gasteiger partial charge in [-0.2, -0.15) is 0 Å². The van der Waals surface area contributed by atoms with Crippen LogP contribution in [0.5, 0.6) is 0 Å². The molecular formula is C10H8N6O4. The number of nitrogen functional groups attached to an aromatic ring is 2. The molecule has 4 N–H and O–H groups in total. The molecule has 0 unspecified atom stereocenters. The van der Waals surface area contributed by atoms with E-state index in [1.165, 1.54) is 12.3 Å². The van der Waals surface area contributed by atoms with E-state index < -0.39 is 26.9 Å². The van der Waals surface area contributed by atoms with Crippen molar-refractivity contribution in [3.05, 3.63) is 44.6 Å². The van der Waals surface area contributed by atoms with Crippen LogP contribution in [0.1, 0.15) is 0 Å². The minimum atomic E-state index is -0.960. The third-order valence-corrected chi connectivity index (χ3v) is 2.48. The van der Waals surface area contributed by atoms with E-state index in [0.29, 0.717) is 0 Å². The largest absolute Gasteiger partial charge is 0.390 e. The van der Waals surface area contributed by atoms with Crippen molar-refractivity contribution in [1.29, 1.82) is 0 Å². The summed E-state index contributed by atoms with van der Waals surface area (Å²) >= 11 is 0. The Morgan fingerprint density at radius 2 is 1.70 bits per heavy atom. The second kappa shape index (κ2) is 4.76. The van der Waals surface area contributed by atoms with E-state index in [1.807, 2.05) is 0 Å². The maximum Gasteiger partial charge on any atom is 0.376 e. The highest BCUT2D eigenvalue weighted by Gasteiger charge is 2.35. The Morgan fingerprint density at radius 1 is 1.05 bits per heavy atom. The van der Waals surface area contributed by atoms with Gasteiger partial charge in [0.05, 0.1) is 15.5 Å². The summed E-state index contributed by atoms with van der Waals surface area (Å²) in [7, 11) is 0. The summed E-state index contributed by atoms with van der Waals surface area (Å²) < 4.78 is 0. The van der Waals surface area contributed by atoms with E-state index in [-0.39, 0.29) is 17.2 Å². The molecule has 0 radical (unpaired) electrons. The quantitative estimate of drug-likeness (QED) is 0.621. The predicted octanol–water partition coefficient (Wildman–Crippen LogP) is 1.12. The standard InChI is InChI=1S/C10H8N6O4/c11-6-8(15(17)18)9(16(19)20)7(14-10(6)12)5-3-1-2-4-13-5/h1-4H,11H2,(H2,12,14). The summed E-state index contributed by atoms with van der Waals surface area (Å²) in [6.07, 6.45) is 1.37. The van der Waals surface area contributed by atoms with Gasteiger partial charge in [0.1, 0.15) is 0 Å². The van der Waals surface area contributed by atoms with Crippen molar-refractivity contribution in [3.63, 3.8) is 0 Å². The van der Waals surface area contributed by atoms with E-state index in [0.717, 1.165) is 0 Å². The normalized spacial score (nSPS) is 10.2. The molecule has 10 nitrogen and oxygen atoms in total. The Labute approximate surface area is 111 Å². The van der Waals surface area contributed by atoms with Crippen LogP contribution in [0.3, 0.4) is 0 Å². The smallest absolute Gasteiger partial charge is 0.376 e. The third-order valence-electron chi connectivity index (χ3n) is 2.48. The zero-order valence-corrected chi connectivity index (χ0v) is 9.89. The first-order valence-corrected chi connectivity index (χ1v) is 5.22. The van der Waals surface area contributed by atoms with Crippen LogP contribution in [0.4, 0.5) is 22.9 Å². The van der Waals surface area contributed by atoms with Crippen LogP contribution in [-0.4, -0.2) is 19.8 Å². The number of nitro groups is 2. The van der Waals surface area contributed by atoms with Crippen LogP contribution in [0, 0.1) is 20.2 Å². The van der Waals surface area contributed by atoms with E-state index >= 15 is 0 Å². The third kappa shape index (κ3) is 2.05. The lowest BCUT2D eigenvalue weighted by atomic mass is 10.1. The van der Waals surface area contributed by atoms with Crippen molar-refractivity contribution in [2.24, 2.45) is 0 Å². The van der Waals surface area contributed by atoms with E-state index in [4.69, 9.17) is 11.5 Å². The van der Waals surface area contributed by atoms with Crippen molar-refractivity contribution >= 4 is 22.9 Å². The number of pyridine rings is 2. The average Bonchev–Trinajstić information content (AvgIpc) is 2.41. The van der Waals surface area contributed by atoms with Gasteiger partial charge in [-0.25, -0.2) is 4.98 Å². The van der Waals surface area contributed by atoms with Crippen LogP contribution in [0.15, 0.2) is 24.4 Å². The molecule has 0 aliphatic rings. The van der Waals surface area contributed by atoms with Crippen molar-refractivity contribution in [2.45, 2.75) is 0 Å². The van der Waals surface area contributed by atoms with Crippen LogP contribution < -0.4 is 11.5 Å². The molecule has 10 heteroatoms. The number of hydrogen-bond acceptors (Lipinski definition) is 8. The van der Waals surface area contributed by atoms with Crippen LogP contribution in [-0.2, 0) is 0 Å². The van der Waals surface area contributed by atoms with Gasteiger partial charge in [-0.15, -0.1) is 0 Å². The maximum atomic E-state index is 11.1. The van der Waals surface area contributed by atoms with Gasteiger partial charge in [0, 0.05) is 6.20 Å². The number of rotatable bonds is 3. The molecule has 0 atom stereocenters. The summed E-state index contributed by atoms with van der Waals surface area (Å²) in [5, 5.41) is 22.1. The molecule has 0 fully saturated rings. The Hall–Kier alpha value is -3.30. The lowest BCUT2D eigenvalue weighted by Crippen LogP contribution is -2.08. The second-order valence-electron chi connectivity index (χ2n) is 3.69. The highest BCUT2D eigenvalue weighted by molar-refractivity contribution is 5.86. The Balaban J connectivity index is 2.88. The molecule has 0 bridgehead atoms. The van der Waals surface area contributed by atoms with Crippen LogP contribution in [0.2, 0.25) is 0 Å². The number of nitrogens with two attached hydrogens (primary N) is 2. The van der Waals surface area contributed by atoms with Gasteiger partial charge in [-0.1, -0.05) is 6.07 Å². The summed E-state index contributed by atoms with van der Waals surface area (Å²) in [6.45, 7) is 0.